The molecular weight excluding hydrogens is 332 g/mol. The number of hydrogen-bond donors (Lipinski definition) is 2. The zero-order valence-electron chi connectivity index (χ0n) is 14.5. The van der Waals surface area contributed by atoms with Crippen molar-refractivity contribution in [1.82, 2.24) is 9.97 Å². The van der Waals surface area contributed by atoms with Crippen LogP contribution in [0.15, 0.2) is 30.3 Å². The van der Waals surface area contributed by atoms with Crippen LogP contribution in [0.2, 0.25) is 0 Å². The van der Waals surface area contributed by atoms with Gasteiger partial charge in [0, 0.05) is 37.0 Å². The number of morpholine rings is 1. The number of ether oxygens (including phenoxy) is 1. The van der Waals surface area contributed by atoms with Crippen LogP contribution in [0.4, 0.5) is 11.5 Å². The summed E-state index contributed by atoms with van der Waals surface area (Å²) in [6.07, 6.45) is 2.16. The van der Waals surface area contributed by atoms with Crippen molar-refractivity contribution in [2.24, 2.45) is 0 Å². The van der Waals surface area contributed by atoms with Gasteiger partial charge in [-0.25, -0.2) is 9.97 Å². The van der Waals surface area contributed by atoms with Gasteiger partial charge in [-0.1, -0.05) is 0 Å². The second kappa shape index (κ2) is 6.84. The molecule has 1 aliphatic heterocycles. The summed E-state index contributed by atoms with van der Waals surface area (Å²) in [6.45, 7) is 6.24. The van der Waals surface area contributed by atoms with Crippen LogP contribution in [0.5, 0.6) is 0 Å². The molecule has 2 fully saturated rings. The van der Waals surface area contributed by atoms with Gasteiger partial charge in [-0.2, -0.15) is 12.6 Å². The summed E-state index contributed by atoms with van der Waals surface area (Å²) in [5, 5.41) is 3.32. The van der Waals surface area contributed by atoms with E-state index < -0.39 is 0 Å². The quantitative estimate of drug-likeness (QED) is 0.805. The van der Waals surface area contributed by atoms with E-state index in [2.05, 4.69) is 47.5 Å². The summed E-state index contributed by atoms with van der Waals surface area (Å²) in [7, 11) is 0. The lowest BCUT2D eigenvalue weighted by atomic mass is 10.1. The number of hydrogen-bond acceptors (Lipinski definition) is 6. The van der Waals surface area contributed by atoms with Gasteiger partial charge < -0.3 is 15.0 Å². The van der Waals surface area contributed by atoms with Crippen LogP contribution in [0, 0.1) is 0 Å². The van der Waals surface area contributed by atoms with E-state index in [1.54, 1.807) is 0 Å². The predicted molar refractivity (Wildman–Crippen MR) is 105 cm³/mol. The van der Waals surface area contributed by atoms with Gasteiger partial charge in [0.05, 0.1) is 23.7 Å². The highest BCUT2D eigenvalue weighted by atomic mass is 32.1. The highest BCUT2D eigenvalue weighted by Gasteiger charge is 2.42. The monoisotopic (exact) mass is 356 g/mol. The molecular formula is C19H24N4OS. The molecule has 1 saturated carbocycles. The minimum Gasteiger partial charge on any atom is -0.385 e. The van der Waals surface area contributed by atoms with E-state index in [4.69, 9.17) is 27.3 Å². The Hall–Kier alpha value is -1.79. The second-order valence-electron chi connectivity index (χ2n) is 6.67. The summed E-state index contributed by atoms with van der Waals surface area (Å²) in [5.74, 6) is 1.77. The van der Waals surface area contributed by atoms with Crippen molar-refractivity contribution in [2.45, 2.75) is 24.5 Å². The number of thiol groups is 1. The van der Waals surface area contributed by atoms with E-state index >= 15 is 0 Å². The molecule has 2 heterocycles. The Morgan fingerprint density at radius 2 is 1.88 bits per heavy atom. The van der Waals surface area contributed by atoms with Gasteiger partial charge in [-0.15, -0.1) is 0 Å². The first kappa shape index (κ1) is 16.7. The summed E-state index contributed by atoms with van der Waals surface area (Å²) >= 11 is 4.83. The standard InChI is InChI=1S/C19H24N4OS/c1-2-20-15-5-3-14(4-6-15)18-21-16(19(25)7-8-19)13-17(22-18)23-9-11-24-12-10-23/h3-6,13,20,25H,2,7-12H2,1H3. The molecule has 1 saturated heterocycles. The number of nitrogens with one attached hydrogen (secondary N) is 1. The maximum Gasteiger partial charge on any atom is 0.161 e. The molecule has 4 rings (SSSR count). The fourth-order valence-electron chi connectivity index (χ4n) is 3.07. The summed E-state index contributed by atoms with van der Waals surface area (Å²) < 4.78 is 5.39. The molecule has 1 aliphatic carbocycles. The van der Waals surface area contributed by atoms with Gasteiger partial charge in [0.1, 0.15) is 5.82 Å². The zero-order valence-corrected chi connectivity index (χ0v) is 15.4. The van der Waals surface area contributed by atoms with Crippen LogP contribution in [0.25, 0.3) is 11.4 Å². The Bertz CT molecular complexity index is 740. The van der Waals surface area contributed by atoms with E-state index in [0.29, 0.717) is 0 Å². The van der Waals surface area contributed by atoms with E-state index in [9.17, 15) is 0 Å². The average molecular weight is 356 g/mol. The van der Waals surface area contributed by atoms with Crippen molar-refractivity contribution in [3.05, 3.63) is 36.0 Å². The van der Waals surface area contributed by atoms with Crippen molar-refractivity contribution in [3.63, 3.8) is 0 Å². The van der Waals surface area contributed by atoms with Crippen molar-refractivity contribution in [2.75, 3.05) is 43.1 Å². The van der Waals surface area contributed by atoms with Crippen LogP contribution in [0.1, 0.15) is 25.5 Å². The lowest BCUT2D eigenvalue weighted by molar-refractivity contribution is 0.122. The Morgan fingerprint density at radius 3 is 2.52 bits per heavy atom. The molecule has 0 atom stereocenters. The first-order valence-electron chi connectivity index (χ1n) is 8.97. The Labute approximate surface area is 154 Å². The zero-order chi connectivity index (χ0) is 17.3. The third-order valence-corrected chi connectivity index (χ3v) is 5.45. The smallest absolute Gasteiger partial charge is 0.161 e. The third-order valence-electron chi connectivity index (χ3n) is 4.77. The van der Waals surface area contributed by atoms with Gasteiger partial charge in [-0.3, -0.25) is 0 Å². The van der Waals surface area contributed by atoms with Crippen molar-refractivity contribution in [3.8, 4) is 11.4 Å². The summed E-state index contributed by atoms with van der Waals surface area (Å²) in [4.78, 5) is 12.0. The molecule has 5 nitrogen and oxygen atoms in total. The Balaban J connectivity index is 1.70. The first-order valence-corrected chi connectivity index (χ1v) is 9.42. The molecule has 6 heteroatoms. The van der Waals surface area contributed by atoms with Crippen molar-refractivity contribution >= 4 is 24.1 Å². The lowest BCUT2D eigenvalue weighted by Gasteiger charge is -2.28. The van der Waals surface area contributed by atoms with Crippen LogP contribution in [-0.4, -0.2) is 42.8 Å². The van der Waals surface area contributed by atoms with Gasteiger partial charge >= 0.3 is 0 Å². The molecule has 1 aromatic carbocycles. The molecule has 0 radical (unpaired) electrons. The van der Waals surface area contributed by atoms with E-state index in [1.807, 2.05) is 0 Å². The topological polar surface area (TPSA) is 50.3 Å². The van der Waals surface area contributed by atoms with Crippen LogP contribution in [0.3, 0.4) is 0 Å². The van der Waals surface area contributed by atoms with Crippen LogP contribution in [-0.2, 0) is 9.48 Å². The number of anilines is 2. The maximum absolute atomic E-state index is 5.47. The molecule has 1 aromatic heterocycles. The minimum absolute atomic E-state index is 0.0809. The maximum atomic E-state index is 5.47. The van der Waals surface area contributed by atoms with Crippen LogP contribution >= 0.6 is 12.6 Å². The fraction of sp³-hybridized carbons (Fsp3) is 0.474. The molecule has 132 valence electrons. The second-order valence-corrected chi connectivity index (χ2v) is 7.53. The number of nitrogens with zero attached hydrogens (tertiary/aromatic N) is 3. The third kappa shape index (κ3) is 3.60. The number of aromatic nitrogens is 2. The molecule has 2 aromatic rings. The summed E-state index contributed by atoms with van der Waals surface area (Å²) in [5.41, 5.74) is 3.19. The van der Waals surface area contributed by atoms with E-state index in [1.165, 1.54) is 0 Å². The highest BCUT2D eigenvalue weighted by molar-refractivity contribution is 7.81. The number of rotatable bonds is 5. The molecule has 0 amide bonds. The van der Waals surface area contributed by atoms with Crippen molar-refractivity contribution < 1.29 is 4.74 Å². The SMILES string of the molecule is CCNc1ccc(-c2nc(N3CCOCC3)cc(C3(S)CC3)n2)cc1. The highest BCUT2D eigenvalue weighted by Crippen LogP contribution is 2.51. The normalized spacial score (nSPS) is 18.9. The molecule has 0 spiro atoms. The molecule has 0 bridgehead atoms. The van der Waals surface area contributed by atoms with Crippen molar-refractivity contribution in [1.29, 1.82) is 0 Å². The predicted octanol–water partition coefficient (Wildman–Crippen LogP) is 3.33. The van der Waals surface area contributed by atoms with Crippen LogP contribution < -0.4 is 10.2 Å². The largest absolute Gasteiger partial charge is 0.385 e. The van der Waals surface area contributed by atoms with E-state index in [-0.39, 0.29) is 4.75 Å². The Kier molecular flexibility index (Phi) is 4.56. The molecule has 2 aliphatic rings. The molecule has 1 N–H and O–H groups in total. The van der Waals surface area contributed by atoms with Gasteiger partial charge in [-0.05, 0) is 44.0 Å². The van der Waals surface area contributed by atoms with Gasteiger partial charge in [0.2, 0.25) is 0 Å². The first-order chi connectivity index (χ1) is 12.2. The minimum atomic E-state index is -0.0809. The summed E-state index contributed by atoms with van der Waals surface area (Å²) in [6, 6.07) is 10.4. The van der Waals surface area contributed by atoms with Gasteiger partial charge in [0.15, 0.2) is 5.82 Å². The molecule has 0 unspecified atom stereocenters. The molecule has 25 heavy (non-hydrogen) atoms. The van der Waals surface area contributed by atoms with Gasteiger partial charge in [0.25, 0.3) is 0 Å². The Morgan fingerprint density at radius 1 is 1.16 bits per heavy atom. The lowest BCUT2D eigenvalue weighted by Crippen LogP contribution is -2.37. The fourth-order valence-corrected chi connectivity index (χ4v) is 3.30. The number of benzene rings is 1. The average Bonchev–Trinajstić information content (AvgIpc) is 3.42. The van der Waals surface area contributed by atoms with E-state index in [0.717, 1.165) is 74.3 Å².